The van der Waals surface area contributed by atoms with E-state index in [0.717, 1.165) is 34.4 Å². The molecule has 8 heteroatoms. The van der Waals surface area contributed by atoms with Crippen molar-refractivity contribution in [3.05, 3.63) is 76.0 Å². The number of hydrogen-bond acceptors (Lipinski definition) is 4. The van der Waals surface area contributed by atoms with Crippen molar-refractivity contribution < 1.29 is 4.39 Å². The van der Waals surface area contributed by atoms with Gasteiger partial charge >= 0.3 is 5.69 Å². The van der Waals surface area contributed by atoms with Crippen LogP contribution in [0.3, 0.4) is 0 Å². The van der Waals surface area contributed by atoms with Crippen LogP contribution in [0.4, 0.5) is 4.39 Å². The van der Waals surface area contributed by atoms with Crippen LogP contribution >= 0.6 is 0 Å². The van der Waals surface area contributed by atoms with Gasteiger partial charge in [-0.25, -0.2) is 9.18 Å². The number of halogens is 1. The van der Waals surface area contributed by atoms with Gasteiger partial charge in [0, 0.05) is 17.8 Å². The van der Waals surface area contributed by atoms with E-state index < -0.39 is 6.67 Å². The lowest BCUT2D eigenvalue weighted by Crippen LogP contribution is -2.25. The highest BCUT2D eigenvalue weighted by molar-refractivity contribution is 5.80. The van der Waals surface area contributed by atoms with Gasteiger partial charge in [-0.15, -0.1) is 10.2 Å². The fourth-order valence-electron chi connectivity index (χ4n) is 4.21. The molecule has 7 nitrogen and oxygen atoms in total. The number of hydrogen-bond donors (Lipinski definition) is 1. The van der Waals surface area contributed by atoms with Crippen LogP contribution < -0.4 is 5.69 Å². The summed E-state index contributed by atoms with van der Waals surface area (Å²) in [5.74, 6) is 1.01. The molecule has 0 amide bonds. The number of benzene rings is 2. The summed E-state index contributed by atoms with van der Waals surface area (Å²) in [6, 6.07) is 16.0. The number of aromatic amines is 1. The van der Waals surface area contributed by atoms with Crippen LogP contribution in [0, 0.1) is 5.92 Å². The van der Waals surface area contributed by atoms with Crippen molar-refractivity contribution in [3.8, 4) is 22.5 Å². The van der Waals surface area contributed by atoms with Crippen LogP contribution in [0.15, 0.2) is 53.3 Å². The van der Waals surface area contributed by atoms with Crippen molar-refractivity contribution in [2.24, 2.45) is 5.92 Å². The first-order valence-electron chi connectivity index (χ1n) is 11.3. The standard InChI is InChI=1S/C25H29FN6O/c1-4-31-23(15-26)22(14-9-17(2)3)32(25(31)33)16-18-10-12-19(13-11-18)20-7-5-6-8-21(20)24-27-29-30-28-24/h5-8,10-13,17H,4,9,14-16H2,1-3H3,(H,27,28,29,30). The Morgan fingerprint density at radius 2 is 1.73 bits per heavy atom. The van der Waals surface area contributed by atoms with Gasteiger partial charge < -0.3 is 0 Å². The molecular formula is C25H29FN6O. The average molecular weight is 449 g/mol. The zero-order valence-corrected chi connectivity index (χ0v) is 19.3. The van der Waals surface area contributed by atoms with Crippen molar-refractivity contribution in [1.29, 1.82) is 0 Å². The highest BCUT2D eigenvalue weighted by Gasteiger charge is 2.19. The molecule has 4 aromatic rings. The smallest absolute Gasteiger partial charge is 0.294 e. The van der Waals surface area contributed by atoms with Crippen molar-refractivity contribution in [3.63, 3.8) is 0 Å². The lowest BCUT2D eigenvalue weighted by Gasteiger charge is -2.12. The van der Waals surface area contributed by atoms with Gasteiger partial charge in [0.05, 0.1) is 12.2 Å². The van der Waals surface area contributed by atoms with E-state index >= 15 is 0 Å². The first kappa shape index (κ1) is 22.6. The zero-order valence-electron chi connectivity index (χ0n) is 19.3. The summed E-state index contributed by atoms with van der Waals surface area (Å²) in [4.78, 5) is 13.1. The van der Waals surface area contributed by atoms with E-state index in [2.05, 4.69) is 34.5 Å². The summed E-state index contributed by atoms with van der Waals surface area (Å²) in [7, 11) is 0. The van der Waals surface area contributed by atoms with Crippen LogP contribution in [0.2, 0.25) is 0 Å². The second-order valence-corrected chi connectivity index (χ2v) is 8.55. The van der Waals surface area contributed by atoms with Crippen LogP contribution in [0.5, 0.6) is 0 Å². The first-order chi connectivity index (χ1) is 16.0. The molecule has 2 aromatic carbocycles. The van der Waals surface area contributed by atoms with E-state index in [1.165, 1.54) is 0 Å². The molecule has 0 aliphatic carbocycles. The molecule has 0 radical (unpaired) electrons. The monoisotopic (exact) mass is 448 g/mol. The van der Waals surface area contributed by atoms with Crippen LogP contribution in [0.25, 0.3) is 22.5 Å². The summed E-state index contributed by atoms with van der Waals surface area (Å²) in [5.41, 5.74) is 5.06. The van der Waals surface area contributed by atoms with E-state index in [1.54, 1.807) is 9.13 Å². The van der Waals surface area contributed by atoms with Gasteiger partial charge in [-0.05, 0) is 47.6 Å². The number of imidazole rings is 1. The molecule has 0 fully saturated rings. The number of rotatable bonds is 9. The summed E-state index contributed by atoms with van der Waals surface area (Å²) in [5, 5.41) is 14.4. The Morgan fingerprint density at radius 3 is 2.33 bits per heavy atom. The fraction of sp³-hybridized carbons (Fsp3) is 0.360. The second kappa shape index (κ2) is 9.94. The molecule has 0 atom stereocenters. The Balaban J connectivity index is 1.66. The highest BCUT2D eigenvalue weighted by atomic mass is 19.1. The van der Waals surface area contributed by atoms with E-state index in [1.807, 2.05) is 55.5 Å². The number of aromatic nitrogens is 6. The third-order valence-corrected chi connectivity index (χ3v) is 5.97. The molecule has 2 heterocycles. The van der Waals surface area contributed by atoms with Crippen LogP contribution in [-0.2, 0) is 26.2 Å². The number of nitrogens with zero attached hydrogens (tertiary/aromatic N) is 5. The summed E-state index contributed by atoms with van der Waals surface area (Å²) in [6.45, 7) is 6.41. The largest absolute Gasteiger partial charge is 0.328 e. The number of tetrazole rings is 1. The maximum Gasteiger partial charge on any atom is 0.328 e. The van der Waals surface area contributed by atoms with Crippen molar-refractivity contribution in [2.45, 2.75) is 53.4 Å². The number of H-pyrrole nitrogens is 1. The third kappa shape index (κ3) is 4.65. The minimum atomic E-state index is -0.630. The maximum absolute atomic E-state index is 13.9. The Kier molecular flexibility index (Phi) is 6.82. The Morgan fingerprint density at radius 1 is 1.00 bits per heavy atom. The molecule has 2 aromatic heterocycles. The average Bonchev–Trinajstić information content (AvgIpc) is 3.45. The molecule has 0 aliphatic rings. The third-order valence-electron chi connectivity index (χ3n) is 5.97. The van der Waals surface area contributed by atoms with Crippen molar-refractivity contribution in [1.82, 2.24) is 29.8 Å². The molecule has 33 heavy (non-hydrogen) atoms. The minimum absolute atomic E-state index is 0.143. The zero-order chi connectivity index (χ0) is 23.4. The lowest BCUT2D eigenvalue weighted by molar-refractivity contribution is 0.452. The predicted octanol–water partition coefficient (Wildman–Crippen LogP) is 4.62. The number of nitrogens with one attached hydrogen (secondary N) is 1. The van der Waals surface area contributed by atoms with E-state index in [0.29, 0.717) is 36.9 Å². The van der Waals surface area contributed by atoms with Gasteiger partial charge in [0.2, 0.25) is 5.82 Å². The molecule has 0 unspecified atom stereocenters. The SMILES string of the molecule is CCn1c(CF)c(CCC(C)C)n(Cc2ccc(-c3ccccc3-c3nn[nH]n3)cc2)c1=O. The Labute approximate surface area is 192 Å². The minimum Gasteiger partial charge on any atom is -0.294 e. The second-order valence-electron chi connectivity index (χ2n) is 8.55. The van der Waals surface area contributed by atoms with Crippen molar-refractivity contribution in [2.75, 3.05) is 0 Å². The van der Waals surface area contributed by atoms with Gasteiger partial charge in [0.15, 0.2) is 0 Å². The van der Waals surface area contributed by atoms with Gasteiger partial charge in [0.1, 0.15) is 6.67 Å². The highest BCUT2D eigenvalue weighted by Crippen LogP contribution is 2.30. The topological polar surface area (TPSA) is 81.4 Å². The van der Waals surface area contributed by atoms with Crippen LogP contribution in [0.1, 0.15) is 44.1 Å². The van der Waals surface area contributed by atoms with Gasteiger partial charge in [-0.1, -0.05) is 62.4 Å². The number of alkyl halides is 1. The molecule has 0 spiro atoms. The fourth-order valence-corrected chi connectivity index (χ4v) is 4.21. The molecule has 1 N–H and O–H groups in total. The predicted molar refractivity (Wildman–Crippen MR) is 126 cm³/mol. The van der Waals surface area contributed by atoms with Crippen molar-refractivity contribution >= 4 is 0 Å². The quantitative estimate of drug-likeness (QED) is 0.405. The Hall–Kier alpha value is -3.55. The molecular weight excluding hydrogens is 419 g/mol. The summed E-state index contributed by atoms with van der Waals surface area (Å²) >= 11 is 0. The lowest BCUT2D eigenvalue weighted by atomic mass is 9.98. The van der Waals surface area contributed by atoms with Gasteiger partial charge in [-0.3, -0.25) is 9.13 Å². The molecule has 0 bridgehead atoms. The maximum atomic E-state index is 13.9. The van der Waals surface area contributed by atoms with Gasteiger partial charge in [0.25, 0.3) is 0 Å². The molecule has 4 rings (SSSR count). The summed E-state index contributed by atoms with van der Waals surface area (Å²) in [6.07, 6.45) is 1.60. The van der Waals surface area contributed by atoms with E-state index in [-0.39, 0.29) is 5.69 Å². The van der Waals surface area contributed by atoms with Gasteiger partial charge in [-0.2, -0.15) is 5.21 Å². The normalized spacial score (nSPS) is 11.4. The van der Waals surface area contributed by atoms with Crippen LogP contribution in [-0.4, -0.2) is 29.8 Å². The van der Waals surface area contributed by atoms with E-state index in [4.69, 9.17) is 0 Å². The summed E-state index contributed by atoms with van der Waals surface area (Å²) < 4.78 is 17.2. The Bertz CT molecular complexity index is 1260. The van der Waals surface area contributed by atoms with E-state index in [9.17, 15) is 9.18 Å². The molecule has 172 valence electrons. The molecule has 0 saturated heterocycles. The molecule has 0 aliphatic heterocycles. The first-order valence-corrected chi connectivity index (χ1v) is 11.3. The molecule has 0 saturated carbocycles.